The van der Waals surface area contributed by atoms with Crippen LogP contribution in [-0.4, -0.2) is 17.4 Å². The number of aromatic nitrogens is 1. The molecule has 2 heterocycles. The van der Waals surface area contributed by atoms with Crippen molar-refractivity contribution >= 4 is 11.7 Å². The molecule has 0 bridgehead atoms. The fourth-order valence-corrected chi connectivity index (χ4v) is 1.74. The summed E-state index contributed by atoms with van der Waals surface area (Å²) in [5.41, 5.74) is 0.537. The third kappa shape index (κ3) is 3.85. The molecule has 2 aromatic heterocycles. The van der Waals surface area contributed by atoms with E-state index in [0.717, 1.165) is 30.3 Å². The van der Waals surface area contributed by atoms with Gasteiger partial charge < -0.3 is 15.1 Å². The largest absolute Gasteiger partial charge is 0.465 e. The first-order chi connectivity index (χ1) is 9.69. The Labute approximate surface area is 118 Å². The van der Waals surface area contributed by atoms with E-state index < -0.39 is 0 Å². The maximum absolute atomic E-state index is 11.9. The van der Waals surface area contributed by atoms with E-state index in [-0.39, 0.29) is 5.91 Å². The standard InChI is InChI=1S/C15H19N3O2/c1-3-8-16-14-7-5-12(9-17-14)15(19)18-10-13-6-4-11(2)20-13/h4-7,9H,3,8,10H2,1-2H3,(H,16,17)(H,18,19). The van der Waals surface area contributed by atoms with E-state index in [1.165, 1.54) is 0 Å². The van der Waals surface area contributed by atoms with Gasteiger partial charge in [-0.15, -0.1) is 0 Å². The van der Waals surface area contributed by atoms with Gasteiger partial charge in [0.05, 0.1) is 12.1 Å². The van der Waals surface area contributed by atoms with Crippen LogP contribution >= 0.6 is 0 Å². The molecule has 0 saturated carbocycles. The van der Waals surface area contributed by atoms with Gasteiger partial charge in [0.25, 0.3) is 5.91 Å². The van der Waals surface area contributed by atoms with Crippen LogP contribution in [0.1, 0.15) is 35.2 Å². The number of hydrogen-bond donors (Lipinski definition) is 2. The average molecular weight is 273 g/mol. The normalized spacial score (nSPS) is 10.3. The van der Waals surface area contributed by atoms with Crippen molar-refractivity contribution in [1.29, 1.82) is 0 Å². The van der Waals surface area contributed by atoms with Crippen molar-refractivity contribution in [2.24, 2.45) is 0 Å². The molecule has 106 valence electrons. The van der Waals surface area contributed by atoms with E-state index in [4.69, 9.17) is 4.42 Å². The number of nitrogens with one attached hydrogen (secondary N) is 2. The highest BCUT2D eigenvalue weighted by Gasteiger charge is 2.07. The van der Waals surface area contributed by atoms with Crippen LogP contribution in [0.2, 0.25) is 0 Å². The number of nitrogens with zero attached hydrogens (tertiary/aromatic N) is 1. The Morgan fingerprint density at radius 2 is 2.15 bits per heavy atom. The number of carbonyl (C=O) groups excluding carboxylic acids is 1. The van der Waals surface area contributed by atoms with E-state index in [1.54, 1.807) is 12.3 Å². The Morgan fingerprint density at radius 3 is 2.75 bits per heavy atom. The van der Waals surface area contributed by atoms with E-state index >= 15 is 0 Å². The number of pyridine rings is 1. The highest BCUT2D eigenvalue weighted by molar-refractivity contribution is 5.93. The molecule has 0 radical (unpaired) electrons. The fourth-order valence-electron chi connectivity index (χ4n) is 1.74. The minimum Gasteiger partial charge on any atom is -0.465 e. The van der Waals surface area contributed by atoms with E-state index in [1.807, 2.05) is 25.1 Å². The minimum atomic E-state index is -0.159. The summed E-state index contributed by atoms with van der Waals surface area (Å²) in [6.07, 6.45) is 2.60. The zero-order valence-electron chi connectivity index (χ0n) is 11.8. The molecule has 0 fully saturated rings. The zero-order chi connectivity index (χ0) is 14.4. The number of amides is 1. The zero-order valence-corrected chi connectivity index (χ0v) is 11.8. The Kier molecular flexibility index (Phi) is 4.76. The van der Waals surface area contributed by atoms with E-state index in [0.29, 0.717) is 12.1 Å². The number of anilines is 1. The van der Waals surface area contributed by atoms with Gasteiger partial charge in [0.2, 0.25) is 0 Å². The maximum atomic E-state index is 11.9. The molecule has 2 rings (SSSR count). The van der Waals surface area contributed by atoms with Gasteiger partial charge in [0.15, 0.2) is 0 Å². The molecule has 20 heavy (non-hydrogen) atoms. The molecule has 0 unspecified atom stereocenters. The molecule has 0 aliphatic rings. The molecule has 2 aromatic rings. The van der Waals surface area contributed by atoms with E-state index in [9.17, 15) is 4.79 Å². The van der Waals surface area contributed by atoms with Gasteiger partial charge in [-0.2, -0.15) is 0 Å². The van der Waals surface area contributed by atoms with Gasteiger partial charge in [-0.1, -0.05) is 6.92 Å². The predicted octanol–water partition coefficient (Wildman–Crippen LogP) is 2.73. The van der Waals surface area contributed by atoms with Crippen molar-refractivity contribution < 1.29 is 9.21 Å². The van der Waals surface area contributed by atoms with Crippen molar-refractivity contribution in [1.82, 2.24) is 10.3 Å². The first-order valence-corrected chi connectivity index (χ1v) is 6.72. The summed E-state index contributed by atoms with van der Waals surface area (Å²) < 4.78 is 5.39. The SMILES string of the molecule is CCCNc1ccc(C(=O)NCc2ccc(C)o2)cn1. The lowest BCUT2D eigenvalue weighted by Gasteiger charge is -2.06. The number of hydrogen-bond acceptors (Lipinski definition) is 4. The van der Waals surface area contributed by atoms with Crippen LogP contribution in [0.15, 0.2) is 34.9 Å². The summed E-state index contributed by atoms with van der Waals surface area (Å²) in [5.74, 6) is 2.20. The van der Waals surface area contributed by atoms with Crippen molar-refractivity contribution in [3.63, 3.8) is 0 Å². The van der Waals surface area contributed by atoms with Crippen LogP contribution in [0.25, 0.3) is 0 Å². The Bertz CT molecular complexity index is 561. The Morgan fingerprint density at radius 1 is 1.30 bits per heavy atom. The van der Waals surface area contributed by atoms with Crippen LogP contribution in [0, 0.1) is 6.92 Å². The van der Waals surface area contributed by atoms with Gasteiger partial charge >= 0.3 is 0 Å². The van der Waals surface area contributed by atoms with Crippen LogP contribution in [0.4, 0.5) is 5.82 Å². The van der Waals surface area contributed by atoms with Gasteiger partial charge in [-0.05, 0) is 37.6 Å². The van der Waals surface area contributed by atoms with Crippen molar-refractivity contribution in [2.75, 3.05) is 11.9 Å². The van der Waals surface area contributed by atoms with Crippen molar-refractivity contribution in [3.05, 3.63) is 47.5 Å². The van der Waals surface area contributed by atoms with Gasteiger partial charge in [-0.3, -0.25) is 4.79 Å². The Balaban J connectivity index is 1.88. The van der Waals surface area contributed by atoms with Crippen molar-refractivity contribution in [3.8, 4) is 0 Å². The molecule has 0 aliphatic carbocycles. The molecule has 0 aliphatic heterocycles. The molecule has 0 spiro atoms. The smallest absolute Gasteiger partial charge is 0.253 e. The molecular formula is C15H19N3O2. The predicted molar refractivity (Wildman–Crippen MR) is 77.6 cm³/mol. The maximum Gasteiger partial charge on any atom is 0.253 e. The van der Waals surface area contributed by atoms with Gasteiger partial charge in [0.1, 0.15) is 17.3 Å². The summed E-state index contributed by atoms with van der Waals surface area (Å²) in [6.45, 7) is 5.21. The molecule has 1 amide bonds. The Hall–Kier alpha value is -2.30. The lowest BCUT2D eigenvalue weighted by Crippen LogP contribution is -2.22. The first-order valence-electron chi connectivity index (χ1n) is 6.72. The number of carbonyl (C=O) groups is 1. The second-order valence-corrected chi connectivity index (χ2v) is 4.55. The molecule has 5 nitrogen and oxygen atoms in total. The second kappa shape index (κ2) is 6.75. The topological polar surface area (TPSA) is 67.2 Å². The summed E-state index contributed by atoms with van der Waals surface area (Å²) >= 11 is 0. The van der Waals surface area contributed by atoms with Crippen LogP contribution in [0.5, 0.6) is 0 Å². The highest BCUT2D eigenvalue weighted by Crippen LogP contribution is 2.07. The lowest BCUT2D eigenvalue weighted by molar-refractivity contribution is 0.0947. The van der Waals surface area contributed by atoms with Gasteiger partial charge in [0, 0.05) is 12.7 Å². The molecule has 2 N–H and O–H groups in total. The summed E-state index contributed by atoms with van der Waals surface area (Å²) in [5, 5.41) is 5.96. The van der Waals surface area contributed by atoms with Crippen LogP contribution in [0.3, 0.4) is 0 Å². The third-order valence-corrected chi connectivity index (χ3v) is 2.80. The monoisotopic (exact) mass is 273 g/mol. The third-order valence-electron chi connectivity index (χ3n) is 2.80. The molecule has 0 atom stereocenters. The van der Waals surface area contributed by atoms with Crippen molar-refractivity contribution in [2.45, 2.75) is 26.8 Å². The van der Waals surface area contributed by atoms with Crippen LogP contribution in [-0.2, 0) is 6.54 Å². The quantitative estimate of drug-likeness (QED) is 0.849. The minimum absolute atomic E-state index is 0.159. The highest BCUT2D eigenvalue weighted by atomic mass is 16.3. The number of furan rings is 1. The molecule has 0 saturated heterocycles. The summed E-state index contributed by atoms with van der Waals surface area (Å²) in [4.78, 5) is 16.1. The summed E-state index contributed by atoms with van der Waals surface area (Å²) in [7, 11) is 0. The van der Waals surface area contributed by atoms with Gasteiger partial charge in [-0.25, -0.2) is 4.98 Å². The fraction of sp³-hybridized carbons (Fsp3) is 0.333. The second-order valence-electron chi connectivity index (χ2n) is 4.55. The van der Waals surface area contributed by atoms with Crippen LogP contribution < -0.4 is 10.6 Å². The summed E-state index contributed by atoms with van der Waals surface area (Å²) in [6, 6.07) is 7.29. The molecule has 0 aromatic carbocycles. The lowest BCUT2D eigenvalue weighted by atomic mass is 10.2. The molecule has 5 heteroatoms. The molecular weight excluding hydrogens is 254 g/mol. The first kappa shape index (κ1) is 14.1. The number of aryl methyl sites for hydroxylation is 1. The number of rotatable bonds is 6. The average Bonchev–Trinajstić information content (AvgIpc) is 2.89. The van der Waals surface area contributed by atoms with E-state index in [2.05, 4.69) is 22.5 Å².